The zero-order valence-corrected chi connectivity index (χ0v) is 11.4. The number of nitrogens with zero attached hydrogens (tertiary/aromatic N) is 3. The van der Waals surface area contributed by atoms with Crippen LogP contribution < -0.4 is 9.47 Å². The Kier molecular flexibility index (Phi) is 4.55. The summed E-state index contributed by atoms with van der Waals surface area (Å²) in [7, 11) is 1.49. The van der Waals surface area contributed by atoms with Gasteiger partial charge >= 0.3 is 12.0 Å². The Morgan fingerprint density at radius 2 is 2.24 bits per heavy atom. The Balaban J connectivity index is 2.21. The summed E-state index contributed by atoms with van der Waals surface area (Å²) in [4.78, 5) is 23.0. The first kappa shape index (κ1) is 14.6. The molecule has 1 heterocycles. The summed E-state index contributed by atoms with van der Waals surface area (Å²) in [6, 6.07) is 6.13. The Bertz CT molecular complexity index is 689. The highest BCUT2D eigenvalue weighted by atomic mass is 19.1. The van der Waals surface area contributed by atoms with Crippen molar-refractivity contribution in [3.05, 3.63) is 41.8 Å². The molecule has 0 unspecified atom stereocenters. The van der Waals surface area contributed by atoms with Crippen molar-refractivity contribution in [2.24, 2.45) is 4.99 Å². The number of aromatic nitrogens is 2. The molecular weight excluding hydrogens is 277 g/mol. The first-order chi connectivity index (χ1) is 10.1. The van der Waals surface area contributed by atoms with Gasteiger partial charge in [-0.3, -0.25) is 0 Å². The minimum atomic E-state index is -0.700. The van der Waals surface area contributed by atoms with Crippen LogP contribution in [0.5, 0.6) is 11.8 Å². The van der Waals surface area contributed by atoms with Crippen LogP contribution in [0.1, 0.15) is 17.3 Å². The van der Waals surface area contributed by atoms with Crippen molar-refractivity contribution in [2.45, 2.75) is 6.92 Å². The normalized spacial score (nSPS) is 10.6. The number of hydrogen-bond donors (Lipinski definition) is 0. The predicted molar refractivity (Wildman–Crippen MR) is 73.8 cm³/mol. The second kappa shape index (κ2) is 6.56. The lowest BCUT2D eigenvalue weighted by Crippen LogP contribution is -2.10. The Labute approximate surface area is 120 Å². The molecule has 6 nitrogen and oxygen atoms in total. The fraction of sp³-hybridized carbons (Fsp3) is 0.143. The molecule has 2 aromatic rings. The van der Waals surface area contributed by atoms with Crippen molar-refractivity contribution in [3.8, 4) is 11.8 Å². The summed E-state index contributed by atoms with van der Waals surface area (Å²) < 4.78 is 23.3. The first-order valence-corrected chi connectivity index (χ1v) is 6.01. The Morgan fingerprint density at radius 3 is 2.95 bits per heavy atom. The van der Waals surface area contributed by atoms with Crippen molar-refractivity contribution in [1.29, 1.82) is 0 Å². The van der Waals surface area contributed by atoms with E-state index in [4.69, 9.17) is 9.47 Å². The van der Waals surface area contributed by atoms with E-state index in [1.807, 2.05) is 0 Å². The van der Waals surface area contributed by atoms with Gasteiger partial charge in [-0.15, -0.1) is 0 Å². The lowest BCUT2D eigenvalue weighted by atomic mass is 10.2. The highest BCUT2D eigenvalue weighted by Crippen LogP contribution is 2.18. The summed E-state index contributed by atoms with van der Waals surface area (Å²) >= 11 is 0. The number of carbonyl (C=O) groups is 1. The van der Waals surface area contributed by atoms with Gasteiger partial charge in [0, 0.05) is 6.21 Å². The second-order valence-electron chi connectivity index (χ2n) is 3.83. The first-order valence-electron chi connectivity index (χ1n) is 6.01. The lowest BCUT2D eigenvalue weighted by Gasteiger charge is -2.05. The molecule has 0 saturated carbocycles. The smallest absolute Gasteiger partial charge is 0.346 e. The van der Waals surface area contributed by atoms with Crippen LogP contribution in [0.3, 0.4) is 0 Å². The average molecular weight is 289 g/mol. The topological polar surface area (TPSA) is 73.7 Å². The van der Waals surface area contributed by atoms with Crippen LogP contribution in [0.15, 0.2) is 35.5 Å². The van der Waals surface area contributed by atoms with Gasteiger partial charge in [0.05, 0.1) is 18.9 Å². The van der Waals surface area contributed by atoms with E-state index in [0.717, 1.165) is 6.20 Å². The van der Waals surface area contributed by atoms with E-state index in [-0.39, 0.29) is 17.4 Å². The van der Waals surface area contributed by atoms with Gasteiger partial charge in [-0.2, -0.15) is 4.98 Å². The highest BCUT2D eigenvalue weighted by Gasteiger charge is 2.13. The summed E-state index contributed by atoms with van der Waals surface area (Å²) in [6.45, 7) is 1.61. The van der Waals surface area contributed by atoms with Crippen LogP contribution in [0, 0.1) is 5.82 Å². The van der Waals surface area contributed by atoms with Gasteiger partial charge in [0.2, 0.25) is 0 Å². The maximum Gasteiger partial charge on any atom is 0.346 e. The van der Waals surface area contributed by atoms with Gasteiger partial charge in [-0.25, -0.2) is 19.2 Å². The number of benzene rings is 1. The van der Waals surface area contributed by atoms with Gasteiger partial charge < -0.3 is 9.47 Å². The standard InChI is InChI=1S/C14H12FN3O3/c1-3-16-12-11(15)8-17-14(18-12)21-13(19)9-5-4-6-10(7-9)20-2/h3-8H,1-2H3. The summed E-state index contributed by atoms with van der Waals surface area (Å²) in [5.74, 6) is -1.05. The van der Waals surface area contributed by atoms with Crippen LogP contribution in [0.25, 0.3) is 0 Å². The molecule has 1 aromatic carbocycles. The third-order valence-electron chi connectivity index (χ3n) is 2.44. The quantitative estimate of drug-likeness (QED) is 0.639. The maximum atomic E-state index is 13.3. The summed E-state index contributed by atoms with van der Waals surface area (Å²) in [5, 5.41) is 0. The van der Waals surface area contributed by atoms with Crippen LogP contribution in [-0.2, 0) is 0 Å². The van der Waals surface area contributed by atoms with Gasteiger partial charge in [0.25, 0.3) is 0 Å². The van der Waals surface area contributed by atoms with Crippen LogP contribution in [0.2, 0.25) is 0 Å². The zero-order chi connectivity index (χ0) is 15.2. The number of aliphatic imine (C=N–C) groups is 1. The number of rotatable bonds is 4. The van der Waals surface area contributed by atoms with E-state index in [1.54, 1.807) is 25.1 Å². The fourth-order valence-corrected chi connectivity index (χ4v) is 1.50. The van der Waals surface area contributed by atoms with Gasteiger partial charge in [0.15, 0.2) is 11.6 Å². The van der Waals surface area contributed by atoms with E-state index in [0.29, 0.717) is 5.75 Å². The van der Waals surface area contributed by atoms with Crippen molar-refractivity contribution in [1.82, 2.24) is 9.97 Å². The van der Waals surface area contributed by atoms with Crippen LogP contribution >= 0.6 is 0 Å². The molecule has 0 aliphatic rings. The van der Waals surface area contributed by atoms with Gasteiger partial charge in [-0.05, 0) is 25.1 Å². The zero-order valence-electron chi connectivity index (χ0n) is 11.4. The molecule has 0 spiro atoms. The van der Waals surface area contributed by atoms with E-state index in [1.165, 1.54) is 19.4 Å². The van der Waals surface area contributed by atoms with E-state index < -0.39 is 11.8 Å². The van der Waals surface area contributed by atoms with E-state index in [9.17, 15) is 9.18 Å². The molecule has 108 valence electrons. The molecule has 0 saturated heterocycles. The number of esters is 1. The number of ether oxygens (including phenoxy) is 2. The maximum absolute atomic E-state index is 13.3. The molecule has 0 radical (unpaired) electrons. The van der Waals surface area contributed by atoms with E-state index >= 15 is 0 Å². The molecule has 0 aliphatic heterocycles. The average Bonchev–Trinajstić information content (AvgIpc) is 2.51. The molecule has 0 aliphatic carbocycles. The lowest BCUT2D eigenvalue weighted by molar-refractivity contribution is 0.0719. The molecule has 7 heteroatoms. The molecule has 0 amide bonds. The van der Waals surface area contributed by atoms with Crippen molar-refractivity contribution < 1.29 is 18.7 Å². The highest BCUT2D eigenvalue weighted by molar-refractivity contribution is 5.91. The van der Waals surface area contributed by atoms with Gasteiger partial charge in [0.1, 0.15) is 5.75 Å². The van der Waals surface area contributed by atoms with Crippen molar-refractivity contribution in [2.75, 3.05) is 7.11 Å². The number of hydrogen-bond acceptors (Lipinski definition) is 6. The molecule has 0 fully saturated rings. The van der Waals surface area contributed by atoms with Crippen LogP contribution in [-0.4, -0.2) is 29.3 Å². The molecule has 2 rings (SSSR count). The molecule has 0 bridgehead atoms. The monoisotopic (exact) mass is 289 g/mol. The Hall–Kier alpha value is -2.83. The van der Waals surface area contributed by atoms with Crippen molar-refractivity contribution >= 4 is 18.0 Å². The SMILES string of the molecule is CC=Nc1nc(OC(=O)c2cccc(OC)c2)ncc1F. The fourth-order valence-electron chi connectivity index (χ4n) is 1.50. The predicted octanol–water partition coefficient (Wildman–Crippen LogP) is 2.57. The van der Waals surface area contributed by atoms with E-state index in [2.05, 4.69) is 15.0 Å². The Morgan fingerprint density at radius 1 is 1.43 bits per heavy atom. The number of carbonyl (C=O) groups excluding carboxylic acids is 1. The largest absolute Gasteiger partial charge is 0.497 e. The molecule has 1 aromatic heterocycles. The second-order valence-corrected chi connectivity index (χ2v) is 3.83. The third kappa shape index (κ3) is 3.59. The van der Waals surface area contributed by atoms with Crippen LogP contribution in [0.4, 0.5) is 10.2 Å². The summed E-state index contributed by atoms with van der Waals surface area (Å²) in [5.41, 5.74) is 0.266. The minimum absolute atomic E-state index is 0.194. The number of methoxy groups -OCH3 is 1. The molecule has 0 atom stereocenters. The molecular formula is C14H12FN3O3. The third-order valence-corrected chi connectivity index (χ3v) is 2.44. The summed E-state index contributed by atoms with van der Waals surface area (Å²) in [6.07, 6.45) is 2.27. The minimum Gasteiger partial charge on any atom is -0.497 e. The van der Waals surface area contributed by atoms with Crippen molar-refractivity contribution in [3.63, 3.8) is 0 Å². The molecule has 21 heavy (non-hydrogen) atoms. The molecule has 0 N–H and O–H groups in total. The number of halogens is 1. The van der Waals surface area contributed by atoms with Gasteiger partial charge in [-0.1, -0.05) is 6.07 Å².